The Balaban J connectivity index is 1.61. The lowest BCUT2D eigenvalue weighted by Crippen LogP contribution is -2.29. The standard InChI is InChI=1S/C28H23NO8/c1-15(2)37-28(34)17-3-8-19(9-4-17)29-24(16-5-10-20(30)11-6-16)23(26(32)27(29)33)25(31)18-7-12-21-22(13-18)36-14-35-21/h3-13,15,24,30-31H,14H2,1-2H3/b25-23-. The highest BCUT2D eigenvalue weighted by molar-refractivity contribution is 6.51. The largest absolute Gasteiger partial charge is 0.508 e. The van der Waals surface area contributed by atoms with Crippen LogP contribution in [0.25, 0.3) is 5.76 Å². The zero-order valence-corrected chi connectivity index (χ0v) is 20.0. The van der Waals surface area contributed by atoms with Crippen molar-refractivity contribution in [3.05, 3.63) is 89.0 Å². The normalized spacial score (nSPS) is 17.9. The number of rotatable bonds is 5. The molecule has 2 heterocycles. The van der Waals surface area contributed by atoms with Gasteiger partial charge in [0.15, 0.2) is 11.5 Å². The van der Waals surface area contributed by atoms with Crippen molar-refractivity contribution in [2.45, 2.75) is 26.0 Å². The molecule has 0 aliphatic carbocycles. The van der Waals surface area contributed by atoms with E-state index < -0.39 is 23.7 Å². The molecule has 1 unspecified atom stereocenters. The Bertz CT molecular complexity index is 1420. The highest BCUT2D eigenvalue weighted by Gasteiger charge is 2.47. The molecule has 2 aliphatic heterocycles. The van der Waals surface area contributed by atoms with Gasteiger partial charge in [0.1, 0.15) is 11.5 Å². The number of carbonyl (C=O) groups is 3. The number of aliphatic hydroxyl groups is 1. The van der Waals surface area contributed by atoms with Crippen molar-refractivity contribution < 1.29 is 38.8 Å². The molecule has 188 valence electrons. The minimum atomic E-state index is -1.00. The van der Waals surface area contributed by atoms with Gasteiger partial charge in [0, 0.05) is 11.3 Å². The fraction of sp³-hybridized carbons (Fsp3) is 0.179. The topological polar surface area (TPSA) is 123 Å². The summed E-state index contributed by atoms with van der Waals surface area (Å²) in [7, 11) is 0. The average molecular weight is 501 g/mol. The molecule has 0 spiro atoms. The first-order valence-electron chi connectivity index (χ1n) is 11.6. The van der Waals surface area contributed by atoms with Crippen LogP contribution in [0.1, 0.15) is 41.4 Å². The van der Waals surface area contributed by atoms with E-state index in [1.54, 1.807) is 38.1 Å². The molecule has 0 bridgehead atoms. The van der Waals surface area contributed by atoms with Gasteiger partial charge in [-0.25, -0.2) is 4.79 Å². The summed E-state index contributed by atoms with van der Waals surface area (Å²) in [5.74, 6) is -1.71. The zero-order valence-electron chi connectivity index (χ0n) is 20.0. The Labute approximate surface area is 212 Å². The van der Waals surface area contributed by atoms with E-state index in [0.717, 1.165) is 0 Å². The van der Waals surface area contributed by atoms with Crippen LogP contribution >= 0.6 is 0 Å². The second-order valence-corrected chi connectivity index (χ2v) is 8.83. The number of fused-ring (bicyclic) bond motifs is 1. The lowest BCUT2D eigenvalue weighted by molar-refractivity contribution is -0.132. The van der Waals surface area contributed by atoms with Gasteiger partial charge in [-0.15, -0.1) is 0 Å². The maximum absolute atomic E-state index is 13.3. The molecule has 2 aliphatic rings. The number of ether oxygens (including phenoxy) is 3. The molecule has 1 saturated heterocycles. The van der Waals surface area contributed by atoms with E-state index in [1.165, 1.54) is 47.4 Å². The summed E-state index contributed by atoms with van der Waals surface area (Å²) in [6.45, 7) is 3.52. The van der Waals surface area contributed by atoms with Gasteiger partial charge in [-0.05, 0) is 74.0 Å². The van der Waals surface area contributed by atoms with E-state index in [2.05, 4.69) is 0 Å². The average Bonchev–Trinajstić information content (AvgIpc) is 3.46. The number of aliphatic hydroxyl groups excluding tert-OH is 1. The molecule has 3 aromatic carbocycles. The Morgan fingerprint density at radius 2 is 1.59 bits per heavy atom. The third-order valence-electron chi connectivity index (χ3n) is 6.02. The first-order valence-corrected chi connectivity index (χ1v) is 11.6. The van der Waals surface area contributed by atoms with Crippen molar-refractivity contribution in [1.82, 2.24) is 0 Å². The monoisotopic (exact) mass is 501 g/mol. The Kier molecular flexibility index (Phi) is 6.04. The first-order chi connectivity index (χ1) is 17.7. The number of benzene rings is 3. The lowest BCUT2D eigenvalue weighted by Gasteiger charge is -2.25. The van der Waals surface area contributed by atoms with Crippen molar-refractivity contribution in [3.8, 4) is 17.2 Å². The Hall–Kier alpha value is -4.79. The molecule has 1 amide bonds. The number of Topliss-reactive ketones (excluding diaryl/α,β-unsaturated/α-hetero) is 1. The SMILES string of the molecule is CC(C)OC(=O)c1ccc(N2C(=O)C(=O)/C(=C(\O)c3ccc4c(c3)OCO4)C2c2ccc(O)cc2)cc1. The van der Waals surface area contributed by atoms with Crippen LogP contribution in [-0.2, 0) is 14.3 Å². The van der Waals surface area contributed by atoms with Gasteiger partial charge in [-0.1, -0.05) is 12.1 Å². The molecular formula is C28H23NO8. The first kappa shape index (κ1) is 23.9. The van der Waals surface area contributed by atoms with Crippen LogP contribution in [0.4, 0.5) is 5.69 Å². The predicted molar refractivity (Wildman–Crippen MR) is 132 cm³/mol. The quantitative estimate of drug-likeness (QED) is 0.230. The summed E-state index contributed by atoms with van der Waals surface area (Å²) in [5.41, 5.74) is 1.26. The van der Waals surface area contributed by atoms with Crippen LogP contribution in [0.2, 0.25) is 0 Å². The highest BCUT2D eigenvalue weighted by Crippen LogP contribution is 2.43. The second-order valence-electron chi connectivity index (χ2n) is 8.83. The number of esters is 1. The zero-order chi connectivity index (χ0) is 26.3. The minimum absolute atomic E-state index is 0.00416. The summed E-state index contributed by atoms with van der Waals surface area (Å²) in [5, 5.41) is 21.1. The third-order valence-corrected chi connectivity index (χ3v) is 6.02. The number of phenols is 1. The van der Waals surface area contributed by atoms with Crippen LogP contribution < -0.4 is 14.4 Å². The highest BCUT2D eigenvalue weighted by atomic mass is 16.7. The van der Waals surface area contributed by atoms with E-state index >= 15 is 0 Å². The van der Waals surface area contributed by atoms with E-state index in [0.29, 0.717) is 22.7 Å². The maximum Gasteiger partial charge on any atom is 0.338 e. The van der Waals surface area contributed by atoms with Crippen molar-refractivity contribution in [1.29, 1.82) is 0 Å². The number of carbonyl (C=O) groups excluding carboxylic acids is 3. The second kappa shape index (κ2) is 9.34. The summed E-state index contributed by atoms with van der Waals surface area (Å²) >= 11 is 0. The van der Waals surface area contributed by atoms with Crippen molar-refractivity contribution in [2.24, 2.45) is 0 Å². The smallest absolute Gasteiger partial charge is 0.338 e. The number of nitrogens with zero attached hydrogens (tertiary/aromatic N) is 1. The van der Waals surface area contributed by atoms with Crippen LogP contribution in [0.3, 0.4) is 0 Å². The molecule has 37 heavy (non-hydrogen) atoms. The van der Waals surface area contributed by atoms with Crippen molar-refractivity contribution >= 4 is 29.1 Å². The summed E-state index contributed by atoms with van der Waals surface area (Å²) in [4.78, 5) is 40.1. The van der Waals surface area contributed by atoms with E-state index in [9.17, 15) is 24.6 Å². The predicted octanol–water partition coefficient (Wildman–Crippen LogP) is 4.31. The number of aromatic hydroxyl groups is 1. The third kappa shape index (κ3) is 4.35. The van der Waals surface area contributed by atoms with Crippen LogP contribution in [0.15, 0.2) is 72.3 Å². The van der Waals surface area contributed by atoms with Gasteiger partial charge >= 0.3 is 5.97 Å². The van der Waals surface area contributed by atoms with Gasteiger partial charge in [0.25, 0.3) is 11.7 Å². The lowest BCUT2D eigenvalue weighted by atomic mass is 9.95. The van der Waals surface area contributed by atoms with Crippen LogP contribution in [0.5, 0.6) is 17.2 Å². The molecule has 0 radical (unpaired) electrons. The molecular weight excluding hydrogens is 478 g/mol. The van der Waals surface area contributed by atoms with E-state index in [1.807, 2.05) is 0 Å². The minimum Gasteiger partial charge on any atom is -0.508 e. The molecule has 9 heteroatoms. The number of ketones is 1. The fourth-order valence-corrected chi connectivity index (χ4v) is 4.31. The molecule has 9 nitrogen and oxygen atoms in total. The number of anilines is 1. The van der Waals surface area contributed by atoms with Gasteiger partial charge in [0.2, 0.25) is 6.79 Å². The van der Waals surface area contributed by atoms with Crippen molar-refractivity contribution in [2.75, 3.05) is 11.7 Å². The molecule has 3 aromatic rings. The fourth-order valence-electron chi connectivity index (χ4n) is 4.31. The molecule has 0 saturated carbocycles. The Morgan fingerprint density at radius 1 is 0.946 bits per heavy atom. The summed E-state index contributed by atoms with van der Waals surface area (Å²) < 4.78 is 15.9. The molecule has 5 rings (SSSR count). The molecule has 1 fully saturated rings. The van der Waals surface area contributed by atoms with Crippen LogP contribution in [0, 0.1) is 0 Å². The molecule has 1 atom stereocenters. The summed E-state index contributed by atoms with van der Waals surface area (Å²) in [6.07, 6.45) is -0.296. The number of hydrogen-bond donors (Lipinski definition) is 2. The molecule has 2 N–H and O–H groups in total. The number of phenolic OH excluding ortho intramolecular Hbond substituents is 1. The Morgan fingerprint density at radius 3 is 2.27 bits per heavy atom. The van der Waals surface area contributed by atoms with Gasteiger partial charge < -0.3 is 24.4 Å². The molecule has 0 aromatic heterocycles. The van der Waals surface area contributed by atoms with Gasteiger partial charge in [-0.3, -0.25) is 14.5 Å². The summed E-state index contributed by atoms with van der Waals surface area (Å²) in [6, 6.07) is 15.8. The van der Waals surface area contributed by atoms with E-state index in [4.69, 9.17) is 14.2 Å². The maximum atomic E-state index is 13.3. The van der Waals surface area contributed by atoms with Crippen molar-refractivity contribution in [3.63, 3.8) is 0 Å². The van der Waals surface area contributed by atoms with Crippen LogP contribution in [-0.4, -0.2) is 40.8 Å². The van der Waals surface area contributed by atoms with Gasteiger partial charge in [-0.2, -0.15) is 0 Å². The number of amides is 1. The van der Waals surface area contributed by atoms with Gasteiger partial charge in [0.05, 0.1) is 23.3 Å². The van der Waals surface area contributed by atoms with E-state index in [-0.39, 0.29) is 41.1 Å². The number of hydrogen-bond acceptors (Lipinski definition) is 8.